The second-order valence-corrected chi connectivity index (χ2v) is 6.97. The van der Waals surface area contributed by atoms with Gasteiger partial charge in [0.2, 0.25) is 0 Å². The second kappa shape index (κ2) is 7.67. The van der Waals surface area contributed by atoms with Crippen molar-refractivity contribution < 1.29 is 8.78 Å². The molecule has 0 radical (unpaired) electrons. The molecule has 144 valence electrons. The van der Waals surface area contributed by atoms with Gasteiger partial charge in [-0.2, -0.15) is 0 Å². The summed E-state index contributed by atoms with van der Waals surface area (Å²) in [5.74, 6) is -0.550. The Morgan fingerprint density at radius 3 is 1.86 bits per heavy atom. The van der Waals surface area contributed by atoms with Crippen molar-refractivity contribution in [2.24, 2.45) is 11.5 Å². The number of halogens is 2. The van der Waals surface area contributed by atoms with E-state index in [4.69, 9.17) is 11.5 Å². The number of hydrogen-bond donors (Lipinski definition) is 2. The molecule has 3 aromatic carbocycles. The van der Waals surface area contributed by atoms with E-state index in [9.17, 15) is 8.78 Å². The van der Waals surface area contributed by atoms with Crippen molar-refractivity contribution in [3.05, 3.63) is 101 Å². The highest BCUT2D eigenvalue weighted by molar-refractivity contribution is 5.57. The van der Waals surface area contributed by atoms with Crippen LogP contribution in [0.1, 0.15) is 22.9 Å². The van der Waals surface area contributed by atoms with E-state index in [2.05, 4.69) is 4.90 Å². The zero-order valence-corrected chi connectivity index (χ0v) is 15.3. The Balaban J connectivity index is 1.67. The summed E-state index contributed by atoms with van der Waals surface area (Å²) in [7, 11) is 0. The maximum atomic E-state index is 13.3. The molecule has 0 amide bonds. The first kappa shape index (κ1) is 18.6. The lowest BCUT2D eigenvalue weighted by atomic mass is 10.0. The lowest BCUT2D eigenvalue weighted by molar-refractivity contribution is 0.112. The van der Waals surface area contributed by atoms with Gasteiger partial charge in [-0.25, -0.2) is 13.7 Å². The molecule has 4 nitrogen and oxygen atoms in total. The van der Waals surface area contributed by atoms with E-state index in [0.29, 0.717) is 13.1 Å². The van der Waals surface area contributed by atoms with E-state index >= 15 is 0 Å². The lowest BCUT2D eigenvalue weighted by Crippen LogP contribution is -2.59. The second-order valence-electron chi connectivity index (χ2n) is 6.97. The molecule has 2 unspecified atom stereocenters. The van der Waals surface area contributed by atoms with Gasteiger partial charge in [0.05, 0.1) is 6.17 Å². The third-order valence-corrected chi connectivity index (χ3v) is 5.13. The molecule has 2 atom stereocenters. The van der Waals surface area contributed by atoms with Crippen LogP contribution in [0.15, 0.2) is 72.8 Å². The molecular weight excluding hydrogens is 358 g/mol. The number of nitrogens with two attached hydrogens (primary N) is 2. The first-order valence-electron chi connectivity index (χ1n) is 9.14. The Kier molecular flexibility index (Phi) is 5.09. The van der Waals surface area contributed by atoms with Gasteiger partial charge < -0.3 is 10.6 Å². The molecular formula is C22H22F2N4. The zero-order valence-electron chi connectivity index (χ0n) is 15.3. The van der Waals surface area contributed by atoms with E-state index in [1.54, 1.807) is 24.3 Å². The lowest BCUT2D eigenvalue weighted by Gasteiger charge is -2.47. The molecule has 1 aliphatic rings. The van der Waals surface area contributed by atoms with Gasteiger partial charge in [-0.05, 0) is 41.5 Å². The van der Waals surface area contributed by atoms with Crippen molar-refractivity contribution in [3.63, 3.8) is 0 Å². The fourth-order valence-electron chi connectivity index (χ4n) is 3.62. The van der Waals surface area contributed by atoms with E-state index < -0.39 is 6.29 Å². The van der Waals surface area contributed by atoms with Crippen molar-refractivity contribution in [1.29, 1.82) is 0 Å². The molecule has 28 heavy (non-hydrogen) atoms. The summed E-state index contributed by atoms with van der Waals surface area (Å²) in [6, 6.07) is 20.6. The van der Waals surface area contributed by atoms with Crippen LogP contribution in [-0.2, 0) is 13.1 Å². The van der Waals surface area contributed by atoms with Gasteiger partial charge in [-0.3, -0.25) is 5.73 Å². The van der Waals surface area contributed by atoms with Gasteiger partial charge >= 0.3 is 0 Å². The highest BCUT2D eigenvalue weighted by Gasteiger charge is 2.35. The smallest absolute Gasteiger partial charge is 0.136 e. The van der Waals surface area contributed by atoms with Crippen LogP contribution in [0, 0.1) is 11.6 Å². The van der Waals surface area contributed by atoms with Crippen molar-refractivity contribution >= 4 is 5.69 Å². The van der Waals surface area contributed by atoms with Gasteiger partial charge in [0.25, 0.3) is 0 Å². The molecule has 3 aromatic rings. The number of rotatable bonds is 4. The van der Waals surface area contributed by atoms with Crippen molar-refractivity contribution in [2.45, 2.75) is 25.5 Å². The van der Waals surface area contributed by atoms with Crippen LogP contribution in [-0.4, -0.2) is 11.2 Å². The van der Waals surface area contributed by atoms with Crippen molar-refractivity contribution in [1.82, 2.24) is 4.90 Å². The summed E-state index contributed by atoms with van der Waals surface area (Å²) in [6.45, 7) is 1.00. The molecule has 0 saturated carbocycles. The Morgan fingerprint density at radius 1 is 0.714 bits per heavy atom. The summed E-state index contributed by atoms with van der Waals surface area (Å²) in [5, 5.41) is 0. The van der Waals surface area contributed by atoms with Gasteiger partial charge in [-0.1, -0.05) is 42.5 Å². The zero-order chi connectivity index (χ0) is 19.7. The Bertz CT molecular complexity index is 944. The molecule has 0 fully saturated rings. The highest BCUT2D eigenvalue weighted by atomic mass is 19.1. The topological polar surface area (TPSA) is 58.5 Å². The first-order chi connectivity index (χ1) is 13.5. The number of nitrogens with zero attached hydrogens (tertiary/aromatic N) is 2. The molecule has 0 aliphatic carbocycles. The molecule has 0 saturated heterocycles. The predicted molar refractivity (Wildman–Crippen MR) is 106 cm³/mol. The summed E-state index contributed by atoms with van der Waals surface area (Å²) >= 11 is 0. The maximum absolute atomic E-state index is 13.3. The average molecular weight is 380 g/mol. The number of anilines is 1. The summed E-state index contributed by atoms with van der Waals surface area (Å²) in [6.07, 6.45) is -0.874. The largest absolute Gasteiger partial charge is 0.339 e. The molecule has 0 spiro atoms. The fourth-order valence-corrected chi connectivity index (χ4v) is 3.62. The maximum Gasteiger partial charge on any atom is 0.136 e. The van der Waals surface area contributed by atoms with Crippen LogP contribution in [0.4, 0.5) is 14.5 Å². The van der Waals surface area contributed by atoms with Gasteiger partial charge in [0.15, 0.2) is 0 Å². The van der Waals surface area contributed by atoms with Crippen LogP contribution in [0.5, 0.6) is 0 Å². The standard InChI is InChI=1S/C22H22F2N4/c23-17-9-5-15(6-10-17)13-27-20-4-2-1-3-19(20)21(25)28(22(27)26)14-16-7-11-18(24)12-8-16/h1-12,21-22H,13-14,25-26H2. The quantitative estimate of drug-likeness (QED) is 0.725. The Morgan fingerprint density at radius 2 is 1.25 bits per heavy atom. The third kappa shape index (κ3) is 3.62. The van der Waals surface area contributed by atoms with Crippen LogP contribution in [0.25, 0.3) is 0 Å². The van der Waals surface area contributed by atoms with E-state index in [0.717, 1.165) is 22.4 Å². The Hall–Kier alpha value is -2.80. The van der Waals surface area contributed by atoms with Crippen molar-refractivity contribution in [2.75, 3.05) is 4.90 Å². The number of fused-ring (bicyclic) bond motifs is 1. The van der Waals surface area contributed by atoms with Gasteiger partial charge in [-0.15, -0.1) is 0 Å². The monoisotopic (exact) mass is 380 g/mol. The molecule has 1 heterocycles. The predicted octanol–water partition coefficient (Wildman–Crippen LogP) is 3.69. The minimum atomic E-state index is -0.486. The van der Waals surface area contributed by atoms with Gasteiger partial charge in [0, 0.05) is 24.3 Å². The van der Waals surface area contributed by atoms with E-state index in [1.807, 2.05) is 29.2 Å². The fraction of sp³-hybridized carbons (Fsp3) is 0.182. The van der Waals surface area contributed by atoms with E-state index in [1.165, 1.54) is 24.3 Å². The molecule has 0 bridgehead atoms. The first-order valence-corrected chi connectivity index (χ1v) is 9.14. The molecule has 6 heteroatoms. The normalized spacial score (nSPS) is 19.5. The SMILES string of the molecule is NC1c2ccccc2N(Cc2ccc(F)cc2)C(N)N1Cc1ccc(F)cc1. The van der Waals surface area contributed by atoms with Crippen LogP contribution in [0.2, 0.25) is 0 Å². The molecule has 1 aliphatic heterocycles. The average Bonchev–Trinajstić information content (AvgIpc) is 2.71. The number of para-hydroxylation sites is 1. The molecule has 4 rings (SSSR count). The minimum Gasteiger partial charge on any atom is -0.339 e. The van der Waals surface area contributed by atoms with Crippen LogP contribution >= 0.6 is 0 Å². The van der Waals surface area contributed by atoms with Crippen LogP contribution in [0.3, 0.4) is 0 Å². The summed E-state index contributed by atoms with van der Waals surface area (Å²) in [5.41, 5.74) is 16.9. The number of benzene rings is 3. The third-order valence-electron chi connectivity index (χ3n) is 5.13. The van der Waals surface area contributed by atoms with Crippen LogP contribution < -0.4 is 16.4 Å². The van der Waals surface area contributed by atoms with Crippen molar-refractivity contribution in [3.8, 4) is 0 Å². The molecule has 4 N–H and O–H groups in total. The minimum absolute atomic E-state index is 0.271. The summed E-state index contributed by atoms with van der Waals surface area (Å²) < 4.78 is 26.5. The Labute approximate surface area is 163 Å². The highest BCUT2D eigenvalue weighted by Crippen LogP contribution is 2.36. The van der Waals surface area contributed by atoms with Gasteiger partial charge in [0.1, 0.15) is 17.9 Å². The number of hydrogen-bond acceptors (Lipinski definition) is 4. The summed E-state index contributed by atoms with van der Waals surface area (Å²) in [4.78, 5) is 4.02. The molecule has 0 aromatic heterocycles. The van der Waals surface area contributed by atoms with E-state index in [-0.39, 0.29) is 17.8 Å².